The molecule has 0 saturated heterocycles. The van der Waals surface area contributed by atoms with E-state index < -0.39 is 6.09 Å². The molecule has 0 spiro atoms. The van der Waals surface area contributed by atoms with Gasteiger partial charge in [0.15, 0.2) is 0 Å². The second-order valence-electron chi connectivity index (χ2n) is 2.24. The third-order valence-corrected chi connectivity index (χ3v) is 1.46. The Morgan fingerprint density at radius 1 is 1.83 bits per heavy atom. The molecule has 0 aromatic heterocycles. The van der Waals surface area contributed by atoms with Gasteiger partial charge in [0, 0.05) is 11.8 Å². The summed E-state index contributed by atoms with van der Waals surface area (Å²) in [7, 11) is 1.31. The van der Waals surface area contributed by atoms with Crippen molar-refractivity contribution in [2.75, 3.05) is 13.7 Å². The molecule has 0 N–H and O–H groups in total. The Bertz CT molecular complexity index is 286. The summed E-state index contributed by atoms with van der Waals surface area (Å²) in [5.41, 5.74) is 0.544. The Morgan fingerprint density at radius 2 is 2.58 bits per heavy atom. The van der Waals surface area contributed by atoms with Crippen LogP contribution in [0.2, 0.25) is 0 Å². The molecule has 0 atom stereocenters. The van der Waals surface area contributed by atoms with Crippen LogP contribution in [-0.2, 0) is 4.74 Å². The van der Waals surface area contributed by atoms with Crippen molar-refractivity contribution < 1.29 is 9.53 Å². The lowest BCUT2D eigenvalue weighted by atomic mass is 10.2. The lowest BCUT2D eigenvalue weighted by Crippen LogP contribution is -2.28. The van der Waals surface area contributed by atoms with Crippen molar-refractivity contribution in [3.05, 3.63) is 23.9 Å². The molecule has 4 nitrogen and oxygen atoms in total. The van der Waals surface area contributed by atoms with Crippen LogP contribution in [0.4, 0.5) is 4.79 Å². The topological polar surface area (TPSA) is 53.3 Å². The van der Waals surface area contributed by atoms with Crippen molar-refractivity contribution in [1.29, 1.82) is 5.26 Å². The molecular weight excluding hydrogens is 156 g/mol. The maximum absolute atomic E-state index is 10.9. The molecule has 0 aliphatic carbocycles. The molecule has 1 amide bonds. The fourth-order valence-electron chi connectivity index (χ4n) is 0.867. The monoisotopic (exact) mass is 164 g/mol. The Balaban J connectivity index is 2.66. The van der Waals surface area contributed by atoms with Crippen molar-refractivity contribution in [3.63, 3.8) is 0 Å². The second kappa shape index (κ2) is 3.58. The van der Waals surface area contributed by atoms with Crippen LogP contribution in [0.25, 0.3) is 0 Å². The van der Waals surface area contributed by atoms with Crippen molar-refractivity contribution >= 4 is 6.09 Å². The summed E-state index contributed by atoms with van der Waals surface area (Å²) in [5, 5.41) is 8.53. The van der Waals surface area contributed by atoms with Crippen molar-refractivity contribution in [2.45, 2.75) is 0 Å². The van der Waals surface area contributed by atoms with Crippen LogP contribution < -0.4 is 0 Å². The molecule has 12 heavy (non-hydrogen) atoms. The summed E-state index contributed by atoms with van der Waals surface area (Å²) in [6, 6.07) is 1.97. The molecule has 1 aliphatic rings. The fraction of sp³-hybridized carbons (Fsp3) is 0.250. The minimum absolute atomic E-state index is 0.291. The number of amides is 1. The zero-order valence-corrected chi connectivity index (χ0v) is 6.65. The highest BCUT2D eigenvalue weighted by atomic mass is 16.5. The molecule has 0 unspecified atom stereocenters. The third kappa shape index (κ3) is 1.64. The minimum atomic E-state index is -0.452. The van der Waals surface area contributed by atoms with Crippen LogP contribution in [-0.4, -0.2) is 24.6 Å². The molecule has 0 radical (unpaired) electrons. The zero-order chi connectivity index (χ0) is 8.97. The van der Waals surface area contributed by atoms with Gasteiger partial charge in [0.05, 0.1) is 19.7 Å². The second-order valence-corrected chi connectivity index (χ2v) is 2.24. The zero-order valence-electron chi connectivity index (χ0n) is 6.65. The third-order valence-electron chi connectivity index (χ3n) is 1.46. The number of carbonyl (C=O) groups is 1. The van der Waals surface area contributed by atoms with E-state index in [-0.39, 0.29) is 0 Å². The molecule has 0 saturated carbocycles. The first-order valence-electron chi connectivity index (χ1n) is 3.40. The Morgan fingerprint density at radius 3 is 3.17 bits per heavy atom. The minimum Gasteiger partial charge on any atom is -0.452 e. The maximum Gasteiger partial charge on any atom is 0.413 e. The van der Waals surface area contributed by atoms with E-state index >= 15 is 0 Å². The van der Waals surface area contributed by atoms with Gasteiger partial charge >= 0.3 is 6.09 Å². The van der Waals surface area contributed by atoms with Gasteiger partial charge in [0.2, 0.25) is 0 Å². The summed E-state index contributed by atoms with van der Waals surface area (Å²) in [5.74, 6) is 0. The predicted octanol–water partition coefficient (Wildman–Crippen LogP) is 1.03. The molecule has 4 heteroatoms. The summed E-state index contributed by atoms with van der Waals surface area (Å²) in [6.07, 6.45) is 4.43. The summed E-state index contributed by atoms with van der Waals surface area (Å²) < 4.78 is 4.48. The van der Waals surface area contributed by atoms with Crippen LogP contribution in [0.1, 0.15) is 0 Å². The number of nitriles is 1. The van der Waals surface area contributed by atoms with Gasteiger partial charge in [-0.25, -0.2) is 4.79 Å². The van der Waals surface area contributed by atoms with Crippen LogP contribution in [0.15, 0.2) is 23.9 Å². The van der Waals surface area contributed by atoms with E-state index in [1.165, 1.54) is 12.0 Å². The molecule has 0 fully saturated rings. The molecule has 0 aromatic carbocycles. The normalized spacial score (nSPS) is 15.0. The SMILES string of the molecule is COC(=O)N1C=CC=C(C#N)C1. The molecule has 0 bridgehead atoms. The molecule has 1 rings (SSSR count). The van der Waals surface area contributed by atoms with E-state index in [9.17, 15) is 4.79 Å². The van der Waals surface area contributed by atoms with Gasteiger partial charge in [-0.05, 0) is 12.2 Å². The van der Waals surface area contributed by atoms with E-state index in [2.05, 4.69) is 4.74 Å². The van der Waals surface area contributed by atoms with Gasteiger partial charge in [0.1, 0.15) is 0 Å². The van der Waals surface area contributed by atoms with Crippen LogP contribution in [0.3, 0.4) is 0 Å². The Kier molecular flexibility index (Phi) is 2.49. The number of hydrogen-bond donors (Lipinski definition) is 0. The van der Waals surface area contributed by atoms with Crippen molar-refractivity contribution in [1.82, 2.24) is 4.90 Å². The highest BCUT2D eigenvalue weighted by Crippen LogP contribution is 2.07. The van der Waals surface area contributed by atoms with Crippen LogP contribution >= 0.6 is 0 Å². The molecule has 62 valence electrons. The number of ether oxygens (including phenoxy) is 1. The Hall–Kier alpha value is -1.76. The van der Waals surface area contributed by atoms with E-state index in [1.54, 1.807) is 18.4 Å². The number of allylic oxidation sites excluding steroid dienone is 2. The maximum atomic E-state index is 10.9. The summed E-state index contributed by atoms with van der Waals surface area (Å²) in [4.78, 5) is 12.3. The smallest absolute Gasteiger partial charge is 0.413 e. The van der Waals surface area contributed by atoms with E-state index in [0.29, 0.717) is 12.1 Å². The van der Waals surface area contributed by atoms with Gasteiger partial charge in [-0.3, -0.25) is 4.90 Å². The van der Waals surface area contributed by atoms with Gasteiger partial charge in [-0.15, -0.1) is 0 Å². The lowest BCUT2D eigenvalue weighted by molar-refractivity contribution is 0.142. The average Bonchev–Trinajstić information content (AvgIpc) is 2.17. The largest absolute Gasteiger partial charge is 0.452 e. The summed E-state index contributed by atoms with van der Waals surface area (Å²) >= 11 is 0. The average molecular weight is 164 g/mol. The number of methoxy groups -OCH3 is 1. The van der Waals surface area contributed by atoms with E-state index in [4.69, 9.17) is 5.26 Å². The molecular formula is C8H8N2O2. The highest BCUT2D eigenvalue weighted by Gasteiger charge is 2.14. The van der Waals surface area contributed by atoms with Crippen molar-refractivity contribution in [2.24, 2.45) is 0 Å². The van der Waals surface area contributed by atoms with E-state index in [1.807, 2.05) is 6.07 Å². The fourth-order valence-corrected chi connectivity index (χ4v) is 0.867. The highest BCUT2D eigenvalue weighted by molar-refractivity contribution is 5.69. The number of nitrogens with zero attached hydrogens (tertiary/aromatic N) is 2. The van der Waals surface area contributed by atoms with Gasteiger partial charge in [0.25, 0.3) is 0 Å². The quantitative estimate of drug-likeness (QED) is 0.537. The van der Waals surface area contributed by atoms with Crippen molar-refractivity contribution in [3.8, 4) is 6.07 Å². The van der Waals surface area contributed by atoms with Gasteiger partial charge < -0.3 is 4.74 Å². The van der Waals surface area contributed by atoms with Crippen LogP contribution in [0, 0.1) is 11.3 Å². The standard InChI is InChI=1S/C8H8N2O2/c1-12-8(11)10-4-2-3-7(5-9)6-10/h2-4H,6H2,1H3. The molecule has 0 aromatic rings. The Labute approximate surface area is 70.3 Å². The molecule has 1 heterocycles. The molecule has 1 aliphatic heterocycles. The van der Waals surface area contributed by atoms with E-state index in [0.717, 1.165) is 0 Å². The first-order valence-corrected chi connectivity index (χ1v) is 3.40. The number of rotatable bonds is 0. The first kappa shape index (κ1) is 8.34. The number of hydrogen-bond acceptors (Lipinski definition) is 3. The van der Waals surface area contributed by atoms with Crippen LogP contribution in [0.5, 0.6) is 0 Å². The lowest BCUT2D eigenvalue weighted by Gasteiger charge is -2.17. The predicted molar refractivity (Wildman–Crippen MR) is 41.9 cm³/mol. The van der Waals surface area contributed by atoms with Gasteiger partial charge in [-0.2, -0.15) is 5.26 Å². The summed E-state index contributed by atoms with van der Waals surface area (Å²) in [6.45, 7) is 0.291. The number of carbonyl (C=O) groups excluding carboxylic acids is 1. The van der Waals surface area contributed by atoms with Gasteiger partial charge in [-0.1, -0.05) is 0 Å². The first-order chi connectivity index (χ1) is 5.77.